The van der Waals surface area contributed by atoms with E-state index < -0.39 is 10.0 Å². The van der Waals surface area contributed by atoms with Crippen LogP contribution in [0.2, 0.25) is 0 Å². The summed E-state index contributed by atoms with van der Waals surface area (Å²) < 4.78 is 27.9. The fraction of sp³-hybridized carbons (Fsp3) is 0.526. The number of amides is 1. The first-order valence-corrected chi connectivity index (χ1v) is 10.6. The van der Waals surface area contributed by atoms with Gasteiger partial charge >= 0.3 is 0 Å². The molecule has 3 aliphatic heterocycles. The summed E-state index contributed by atoms with van der Waals surface area (Å²) in [6.07, 6.45) is 6.09. The maximum Gasteiger partial charge on any atom is 0.243 e. The normalized spacial score (nSPS) is 23.2. The van der Waals surface area contributed by atoms with Crippen LogP contribution in [0.5, 0.6) is 0 Å². The number of nitrogens with zero attached hydrogens (tertiary/aromatic N) is 2. The number of hydrogen-bond acceptors (Lipinski definition) is 3. The first kappa shape index (κ1) is 15.6. The third-order valence-corrected chi connectivity index (χ3v) is 7.87. The van der Waals surface area contributed by atoms with Gasteiger partial charge in [0.15, 0.2) is 0 Å². The average Bonchev–Trinajstić information content (AvgIpc) is 3.38. The highest BCUT2D eigenvalue weighted by molar-refractivity contribution is 7.89. The summed E-state index contributed by atoms with van der Waals surface area (Å²) in [7, 11) is -3.44. The van der Waals surface area contributed by atoms with Crippen LogP contribution in [0.25, 0.3) is 0 Å². The van der Waals surface area contributed by atoms with Gasteiger partial charge in [0.05, 0.1) is 10.6 Å². The van der Waals surface area contributed by atoms with Crippen molar-refractivity contribution in [3.8, 4) is 0 Å². The second-order valence-corrected chi connectivity index (χ2v) is 9.43. The molecule has 4 aliphatic rings. The van der Waals surface area contributed by atoms with Crippen LogP contribution >= 0.6 is 0 Å². The Bertz CT molecular complexity index is 901. The van der Waals surface area contributed by atoms with E-state index in [-0.39, 0.29) is 5.91 Å². The molecular weight excluding hydrogens is 336 g/mol. The minimum absolute atomic E-state index is 0.165. The first-order valence-electron chi connectivity index (χ1n) is 9.20. The predicted octanol–water partition coefficient (Wildman–Crippen LogP) is 2.40. The van der Waals surface area contributed by atoms with Crippen LogP contribution in [-0.4, -0.2) is 38.3 Å². The lowest BCUT2D eigenvalue weighted by Crippen LogP contribution is -2.36. The number of allylic oxidation sites excluding steroid dienone is 1. The van der Waals surface area contributed by atoms with E-state index >= 15 is 0 Å². The van der Waals surface area contributed by atoms with E-state index in [0.717, 1.165) is 36.1 Å². The third-order valence-electron chi connectivity index (χ3n) is 5.99. The molecule has 0 unspecified atom stereocenters. The minimum Gasteiger partial charge on any atom is -0.312 e. The van der Waals surface area contributed by atoms with Crippen molar-refractivity contribution in [1.82, 2.24) is 4.31 Å². The molecule has 0 atom stereocenters. The molecule has 5 nitrogen and oxygen atoms in total. The van der Waals surface area contributed by atoms with Gasteiger partial charge in [0.25, 0.3) is 0 Å². The number of sulfonamides is 1. The molecule has 1 aromatic rings. The van der Waals surface area contributed by atoms with Crippen molar-refractivity contribution in [2.24, 2.45) is 0 Å². The zero-order chi connectivity index (χ0) is 17.2. The summed E-state index contributed by atoms with van der Waals surface area (Å²) >= 11 is 0. The summed E-state index contributed by atoms with van der Waals surface area (Å²) in [5.74, 6) is 0.165. The molecular formula is C19H22N2O3S. The van der Waals surface area contributed by atoms with Crippen LogP contribution in [0.4, 0.5) is 5.69 Å². The Morgan fingerprint density at radius 1 is 0.760 bits per heavy atom. The second-order valence-electron chi connectivity index (χ2n) is 7.50. The van der Waals surface area contributed by atoms with Gasteiger partial charge < -0.3 is 4.90 Å². The lowest BCUT2D eigenvalue weighted by molar-refractivity contribution is -0.118. The molecule has 0 N–H and O–H groups in total. The van der Waals surface area contributed by atoms with Gasteiger partial charge in [-0.2, -0.15) is 4.31 Å². The molecule has 3 heterocycles. The van der Waals surface area contributed by atoms with Gasteiger partial charge in [-0.1, -0.05) is 11.1 Å². The SMILES string of the molecule is O=C1CCc2cc(S(=O)(=O)N3CCC(=C4CC4)CC3)cc3c2N1CC3. The molecule has 132 valence electrons. The van der Waals surface area contributed by atoms with Crippen molar-refractivity contribution in [2.45, 2.75) is 49.8 Å². The van der Waals surface area contributed by atoms with E-state index in [1.54, 1.807) is 9.88 Å². The minimum atomic E-state index is -3.44. The van der Waals surface area contributed by atoms with E-state index in [1.807, 2.05) is 17.0 Å². The van der Waals surface area contributed by atoms with Crippen LogP contribution in [0, 0.1) is 0 Å². The number of anilines is 1. The van der Waals surface area contributed by atoms with E-state index in [0.29, 0.717) is 37.4 Å². The van der Waals surface area contributed by atoms with Gasteiger partial charge in [0, 0.05) is 26.1 Å². The number of piperidine rings is 1. The lowest BCUT2D eigenvalue weighted by Gasteiger charge is -2.29. The van der Waals surface area contributed by atoms with Gasteiger partial charge in [-0.3, -0.25) is 4.79 Å². The zero-order valence-electron chi connectivity index (χ0n) is 14.3. The smallest absolute Gasteiger partial charge is 0.243 e. The predicted molar refractivity (Wildman–Crippen MR) is 95.1 cm³/mol. The maximum atomic E-state index is 13.1. The Kier molecular flexibility index (Phi) is 3.38. The number of rotatable bonds is 2. The highest BCUT2D eigenvalue weighted by atomic mass is 32.2. The number of carbonyl (C=O) groups is 1. The molecule has 0 radical (unpaired) electrons. The molecule has 2 fully saturated rings. The van der Waals surface area contributed by atoms with E-state index in [4.69, 9.17) is 0 Å². The van der Waals surface area contributed by atoms with Gasteiger partial charge in [0.1, 0.15) is 0 Å². The number of benzene rings is 1. The molecule has 0 aromatic heterocycles. The zero-order valence-corrected chi connectivity index (χ0v) is 15.1. The third kappa shape index (κ3) is 2.46. The summed E-state index contributed by atoms with van der Waals surface area (Å²) in [5, 5.41) is 0. The lowest BCUT2D eigenvalue weighted by atomic mass is 10.00. The molecule has 1 aromatic carbocycles. The van der Waals surface area contributed by atoms with Gasteiger partial charge in [-0.25, -0.2) is 8.42 Å². The molecule has 1 saturated carbocycles. The second kappa shape index (κ2) is 5.42. The fourth-order valence-corrected chi connectivity index (χ4v) is 6.03. The summed E-state index contributed by atoms with van der Waals surface area (Å²) in [5.41, 5.74) is 6.07. The first-order chi connectivity index (χ1) is 12.0. The van der Waals surface area contributed by atoms with Crippen molar-refractivity contribution in [3.63, 3.8) is 0 Å². The quantitative estimate of drug-likeness (QED) is 0.763. The summed E-state index contributed by atoms with van der Waals surface area (Å²) in [4.78, 5) is 14.3. The Morgan fingerprint density at radius 2 is 1.40 bits per heavy atom. The van der Waals surface area contributed by atoms with Crippen molar-refractivity contribution in [1.29, 1.82) is 0 Å². The Hall–Kier alpha value is -1.66. The molecule has 25 heavy (non-hydrogen) atoms. The standard InChI is InChI=1S/C19H22N2O3S/c22-18-4-3-15-11-17(12-16-7-10-21(18)19(15)16)25(23,24)20-8-5-14(6-9-20)13-1-2-13/h11-12H,1-10H2. The average molecular weight is 358 g/mol. The Morgan fingerprint density at radius 3 is 2.08 bits per heavy atom. The molecule has 0 bridgehead atoms. The van der Waals surface area contributed by atoms with Gasteiger partial charge in [-0.05, 0) is 61.8 Å². The van der Waals surface area contributed by atoms with E-state index in [9.17, 15) is 13.2 Å². The van der Waals surface area contributed by atoms with Crippen LogP contribution in [0.15, 0.2) is 28.2 Å². The van der Waals surface area contributed by atoms with Crippen LogP contribution in [-0.2, 0) is 27.7 Å². The monoisotopic (exact) mass is 358 g/mol. The van der Waals surface area contributed by atoms with Crippen molar-refractivity contribution < 1.29 is 13.2 Å². The highest BCUT2D eigenvalue weighted by Gasteiger charge is 2.35. The largest absolute Gasteiger partial charge is 0.312 e. The van der Waals surface area contributed by atoms with Gasteiger partial charge in [-0.15, -0.1) is 0 Å². The van der Waals surface area contributed by atoms with Crippen LogP contribution < -0.4 is 4.90 Å². The summed E-state index contributed by atoms with van der Waals surface area (Å²) in [6, 6.07) is 3.62. The summed E-state index contributed by atoms with van der Waals surface area (Å²) in [6.45, 7) is 1.88. The molecule has 5 rings (SSSR count). The molecule has 1 aliphatic carbocycles. The maximum absolute atomic E-state index is 13.1. The van der Waals surface area contributed by atoms with Crippen LogP contribution in [0.1, 0.15) is 43.2 Å². The molecule has 0 spiro atoms. The van der Waals surface area contributed by atoms with Crippen molar-refractivity contribution in [3.05, 3.63) is 34.4 Å². The topological polar surface area (TPSA) is 57.7 Å². The highest BCUT2D eigenvalue weighted by Crippen LogP contribution is 2.40. The number of carbonyl (C=O) groups excluding carboxylic acids is 1. The van der Waals surface area contributed by atoms with Crippen molar-refractivity contribution >= 4 is 21.6 Å². The van der Waals surface area contributed by atoms with Gasteiger partial charge in [0.2, 0.25) is 15.9 Å². The number of aryl methyl sites for hydroxylation is 1. The fourth-order valence-electron chi connectivity index (χ4n) is 4.49. The van der Waals surface area contributed by atoms with E-state index in [1.165, 1.54) is 18.4 Å². The van der Waals surface area contributed by atoms with Crippen LogP contribution in [0.3, 0.4) is 0 Å². The Balaban J connectivity index is 1.47. The Labute approximate surface area is 148 Å². The van der Waals surface area contributed by atoms with E-state index in [2.05, 4.69) is 0 Å². The van der Waals surface area contributed by atoms with Crippen molar-refractivity contribution in [2.75, 3.05) is 24.5 Å². The molecule has 1 amide bonds. The molecule has 1 saturated heterocycles. The molecule has 6 heteroatoms. The number of hydrogen-bond donors (Lipinski definition) is 0.